The van der Waals surface area contributed by atoms with Gasteiger partial charge in [-0.2, -0.15) is 0 Å². The quantitative estimate of drug-likeness (QED) is 0.100. The van der Waals surface area contributed by atoms with Crippen LogP contribution in [-0.2, 0) is 28.7 Å². The number of fused-ring (bicyclic) bond motifs is 4. The SMILES string of the molecule is Cc1sc2c(c1C)C(c1ccc(Cl)cc1)=N[C@@H](CC(=O)N1CCN(NC(=O)CCOCCOCCNc3cccc4c3C(O)N(C3CCC(=O)NC3=O)C4=O)CC1)c1nnc(C)n1-2. The van der Waals surface area contributed by atoms with E-state index in [2.05, 4.69) is 40.1 Å². The lowest BCUT2D eigenvalue weighted by Gasteiger charge is -2.35. The molecule has 3 atom stereocenters. The van der Waals surface area contributed by atoms with Crippen molar-refractivity contribution in [3.63, 3.8) is 0 Å². The van der Waals surface area contributed by atoms with E-state index < -0.39 is 36.0 Å². The van der Waals surface area contributed by atoms with E-state index in [0.29, 0.717) is 67.0 Å². The van der Waals surface area contributed by atoms with Crippen LogP contribution in [0.5, 0.6) is 0 Å². The van der Waals surface area contributed by atoms with Crippen molar-refractivity contribution in [3.8, 4) is 5.00 Å². The van der Waals surface area contributed by atoms with Gasteiger partial charge < -0.3 is 24.8 Å². The van der Waals surface area contributed by atoms with Crippen LogP contribution < -0.4 is 16.1 Å². The summed E-state index contributed by atoms with van der Waals surface area (Å²) in [5.41, 5.74) is 7.95. The molecule has 2 aromatic carbocycles. The maximum atomic E-state index is 13.8. The second-order valence-electron chi connectivity index (χ2n) is 15.7. The van der Waals surface area contributed by atoms with Crippen LogP contribution in [-0.4, -0.2) is 135 Å². The molecule has 0 spiro atoms. The minimum atomic E-state index is -1.34. The van der Waals surface area contributed by atoms with Crippen LogP contribution in [0.25, 0.3) is 5.00 Å². The first-order valence-corrected chi connectivity index (χ1v) is 22.1. The number of rotatable bonds is 15. The molecular formula is C43H49ClN10O8S. The van der Waals surface area contributed by atoms with Crippen molar-refractivity contribution in [2.75, 3.05) is 64.5 Å². The number of piperazine rings is 1. The maximum absolute atomic E-state index is 13.8. The lowest BCUT2D eigenvalue weighted by molar-refractivity contribution is -0.140. The van der Waals surface area contributed by atoms with Crippen molar-refractivity contribution in [3.05, 3.63) is 91.8 Å². The first-order valence-electron chi connectivity index (χ1n) is 20.9. The van der Waals surface area contributed by atoms with Crippen LogP contribution in [0.1, 0.15) is 87.1 Å². The Labute approximate surface area is 372 Å². The Hall–Kier alpha value is -5.57. The topological polar surface area (TPSA) is 213 Å². The monoisotopic (exact) mass is 900 g/mol. The number of carbonyl (C=O) groups is 5. The summed E-state index contributed by atoms with van der Waals surface area (Å²) in [6, 6.07) is 11.1. The van der Waals surface area contributed by atoms with Gasteiger partial charge >= 0.3 is 0 Å². The smallest absolute Gasteiger partial charge is 0.257 e. The average Bonchev–Trinajstić information content (AvgIpc) is 3.84. The van der Waals surface area contributed by atoms with Crippen molar-refractivity contribution in [1.29, 1.82) is 0 Å². The molecule has 2 saturated heterocycles. The van der Waals surface area contributed by atoms with Gasteiger partial charge in [0.1, 0.15) is 22.9 Å². The number of amides is 5. The molecule has 20 heteroatoms. The van der Waals surface area contributed by atoms with Crippen molar-refractivity contribution in [2.24, 2.45) is 4.99 Å². The van der Waals surface area contributed by atoms with E-state index in [1.54, 1.807) is 34.4 Å². The highest BCUT2D eigenvalue weighted by Crippen LogP contribution is 2.41. The molecule has 5 amide bonds. The second kappa shape index (κ2) is 19.0. The van der Waals surface area contributed by atoms with Crippen molar-refractivity contribution < 1.29 is 38.6 Å². The number of aliphatic hydroxyl groups excluding tert-OH is 1. The Morgan fingerprint density at radius 2 is 1.71 bits per heavy atom. The molecule has 4 aliphatic heterocycles. The number of aromatic nitrogens is 3. The predicted octanol–water partition coefficient (Wildman–Crippen LogP) is 3.15. The summed E-state index contributed by atoms with van der Waals surface area (Å²) in [6.07, 6.45) is -0.851. The van der Waals surface area contributed by atoms with Crippen LogP contribution in [0.4, 0.5) is 5.69 Å². The fourth-order valence-corrected chi connectivity index (χ4v) is 9.64. The van der Waals surface area contributed by atoms with Crippen molar-refractivity contribution in [1.82, 2.24) is 40.3 Å². The first-order chi connectivity index (χ1) is 30.4. The number of nitrogens with zero attached hydrogens (tertiary/aromatic N) is 7. The molecule has 8 rings (SSSR count). The zero-order chi connectivity index (χ0) is 44.4. The van der Waals surface area contributed by atoms with E-state index in [9.17, 15) is 29.1 Å². The summed E-state index contributed by atoms with van der Waals surface area (Å²) in [4.78, 5) is 73.0. The normalized spacial score (nSPS) is 19.9. The lowest BCUT2D eigenvalue weighted by atomic mass is 9.99. The van der Waals surface area contributed by atoms with Crippen molar-refractivity contribution in [2.45, 2.75) is 64.8 Å². The summed E-state index contributed by atoms with van der Waals surface area (Å²) < 4.78 is 13.3. The van der Waals surface area contributed by atoms with Gasteiger partial charge in [-0.3, -0.25) is 49.2 Å². The van der Waals surface area contributed by atoms with Gasteiger partial charge in [-0.1, -0.05) is 29.8 Å². The molecule has 63 heavy (non-hydrogen) atoms. The molecule has 4 aromatic rings. The molecule has 6 heterocycles. The summed E-state index contributed by atoms with van der Waals surface area (Å²) in [5, 5.41) is 28.8. The molecule has 0 bridgehead atoms. The Kier molecular flexibility index (Phi) is 13.3. The fourth-order valence-electron chi connectivity index (χ4n) is 8.30. The Morgan fingerprint density at radius 3 is 2.46 bits per heavy atom. The zero-order valence-electron chi connectivity index (χ0n) is 35.2. The largest absolute Gasteiger partial charge is 0.382 e. The molecule has 18 nitrogen and oxygen atoms in total. The Bertz CT molecular complexity index is 2450. The average molecular weight is 901 g/mol. The summed E-state index contributed by atoms with van der Waals surface area (Å²) >= 11 is 7.91. The second-order valence-corrected chi connectivity index (χ2v) is 17.4. The van der Waals surface area contributed by atoms with Gasteiger partial charge in [-0.15, -0.1) is 21.5 Å². The van der Waals surface area contributed by atoms with Crippen LogP contribution in [0.3, 0.4) is 0 Å². The third-order valence-corrected chi connectivity index (χ3v) is 13.1. The van der Waals surface area contributed by atoms with E-state index in [-0.39, 0.29) is 57.3 Å². The third kappa shape index (κ3) is 9.25. The number of aliphatic hydroxyl groups is 1. The van der Waals surface area contributed by atoms with Crippen LogP contribution in [0.15, 0.2) is 47.5 Å². The molecule has 2 unspecified atom stereocenters. The number of hydrogen-bond acceptors (Lipinski definition) is 14. The predicted molar refractivity (Wildman–Crippen MR) is 233 cm³/mol. The number of hydrogen-bond donors (Lipinski definition) is 4. The number of nitrogens with one attached hydrogen (secondary N) is 3. The molecule has 0 aliphatic carbocycles. The summed E-state index contributed by atoms with van der Waals surface area (Å²) in [7, 11) is 0. The standard InChI is InChI=1S/C43H49ClN10O8S/c1-24-25(2)63-43-36(24)38(27-7-9-28(44)10-8-27)46-31(39-49-48-26(3)53(39)43)23-35(57)51-15-17-52(18-16-51)50-34(56)13-19-61-21-22-62-20-14-45-30-6-4-5-29-37(30)42(60)54(41(29)59)32-11-12-33(55)47-40(32)58/h4-10,31-32,42,45,60H,11-23H2,1-3H3,(H,50,56)(H,47,55,58)/t31-,32?,42?/m0/s1. The third-order valence-electron chi connectivity index (χ3n) is 11.7. The molecule has 332 valence electrons. The van der Waals surface area contributed by atoms with E-state index in [4.69, 9.17) is 26.1 Å². The van der Waals surface area contributed by atoms with E-state index in [0.717, 1.165) is 38.1 Å². The van der Waals surface area contributed by atoms with Gasteiger partial charge in [-0.05, 0) is 57.0 Å². The number of carbonyl (C=O) groups excluding carboxylic acids is 5. The number of benzene rings is 2. The van der Waals surface area contributed by atoms with Crippen LogP contribution >= 0.6 is 22.9 Å². The van der Waals surface area contributed by atoms with Gasteiger partial charge in [-0.25, -0.2) is 5.01 Å². The minimum Gasteiger partial charge on any atom is -0.382 e. The number of hydrazine groups is 1. The van der Waals surface area contributed by atoms with Gasteiger partial charge in [0, 0.05) is 77.0 Å². The van der Waals surface area contributed by atoms with Gasteiger partial charge in [0.15, 0.2) is 12.1 Å². The van der Waals surface area contributed by atoms with Crippen LogP contribution in [0, 0.1) is 20.8 Å². The van der Waals surface area contributed by atoms with Gasteiger partial charge in [0.2, 0.25) is 23.6 Å². The molecule has 2 aromatic heterocycles. The van der Waals surface area contributed by atoms with E-state index >= 15 is 0 Å². The van der Waals surface area contributed by atoms with Crippen LogP contribution in [0.2, 0.25) is 5.02 Å². The molecule has 4 N–H and O–H groups in total. The van der Waals surface area contributed by atoms with Gasteiger partial charge in [0.05, 0.1) is 45.0 Å². The number of imide groups is 1. The molecular weight excluding hydrogens is 852 g/mol. The number of ether oxygens (including phenoxy) is 2. The number of aryl methyl sites for hydroxylation is 2. The van der Waals surface area contributed by atoms with Crippen molar-refractivity contribution >= 4 is 63.9 Å². The van der Waals surface area contributed by atoms with E-state index in [1.165, 1.54) is 4.88 Å². The molecule has 0 saturated carbocycles. The lowest BCUT2D eigenvalue weighted by Crippen LogP contribution is -2.55. The number of piperidine rings is 1. The van der Waals surface area contributed by atoms with Gasteiger partial charge in [0.25, 0.3) is 5.91 Å². The number of halogens is 1. The summed E-state index contributed by atoms with van der Waals surface area (Å²) in [5.74, 6) is -0.375. The first kappa shape index (κ1) is 44.1. The molecule has 0 radical (unpaired) electrons. The fraction of sp³-hybridized carbons (Fsp3) is 0.442. The van der Waals surface area contributed by atoms with E-state index in [1.807, 2.05) is 40.8 Å². The number of aliphatic imine (C=N–C) groups is 1. The highest BCUT2D eigenvalue weighted by molar-refractivity contribution is 7.15. The number of anilines is 1. The maximum Gasteiger partial charge on any atom is 0.257 e. The zero-order valence-corrected chi connectivity index (χ0v) is 36.8. The summed E-state index contributed by atoms with van der Waals surface area (Å²) in [6.45, 7) is 9.33. The Morgan fingerprint density at radius 1 is 0.968 bits per heavy atom. The Balaban J connectivity index is 0.746. The highest BCUT2D eigenvalue weighted by Gasteiger charge is 2.45. The molecule has 4 aliphatic rings. The minimum absolute atomic E-state index is 0.0563. The highest BCUT2D eigenvalue weighted by atomic mass is 35.5. The number of thiophene rings is 1. The molecule has 2 fully saturated rings.